The average molecular weight is 234 g/mol. The standard InChI is InChI=1S/C14H22N2O/c15-7-10-17-11-9-16-8-3-6-13-4-1-2-5-14(13)12-16/h1-2,4-5H,3,6-12,15H2. The lowest BCUT2D eigenvalue weighted by atomic mass is 10.0. The van der Waals surface area contributed by atoms with E-state index in [9.17, 15) is 0 Å². The van der Waals surface area contributed by atoms with Gasteiger partial charge in [0.15, 0.2) is 0 Å². The summed E-state index contributed by atoms with van der Waals surface area (Å²) in [6.07, 6.45) is 2.45. The number of aryl methyl sites for hydroxylation is 1. The van der Waals surface area contributed by atoms with Crippen LogP contribution in [-0.2, 0) is 17.7 Å². The lowest BCUT2D eigenvalue weighted by Gasteiger charge is -2.20. The Bertz CT molecular complexity index is 341. The minimum Gasteiger partial charge on any atom is -0.379 e. The SMILES string of the molecule is NCCOCCN1CCCc2ccccc2C1. The van der Waals surface area contributed by atoms with Crippen molar-refractivity contribution in [3.63, 3.8) is 0 Å². The fraction of sp³-hybridized carbons (Fsp3) is 0.571. The molecule has 0 unspecified atom stereocenters. The van der Waals surface area contributed by atoms with Gasteiger partial charge in [0.05, 0.1) is 13.2 Å². The summed E-state index contributed by atoms with van der Waals surface area (Å²) >= 11 is 0. The van der Waals surface area contributed by atoms with E-state index in [1.807, 2.05) is 0 Å². The summed E-state index contributed by atoms with van der Waals surface area (Å²) in [5, 5.41) is 0. The zero-order valence-corrected chi connectivity index (χ0v) is 10.4. The quantitative estimate of drug-likeness (QED) is 0.783. The fourth-order valence-electron chi connectivity index (χ4n) is 2.34. The Labute approximate surface area is 104 Å². The molecule has 0 aliphatic carbocycles. The van der Waals surface area contributed by atoms with Crippen LogP contribution in [-0.4, -0.2) is 37.7 Å². The van der Waals surface area contributed by atoms with Crippen molar-refractivity contribution in [3.05, 3.63) is 35.4 Å². The third kappa shape index (κ3) is 3.80. The topological polar surface area (TPSA) is 38.5 Å². The van der Waals surface area contributed by atoms with Crippen LogP contribution >= 0.6 is 0 Å². The lowest BCUT2D eigenvalue weighted by molar-refractivity contribution is 0.107. The molecule has 3 nitrogen and oxygen atoms in total. The second-order valence-electron chi connectivity index (χ2n) is 4.55. The maximum absolute atomic E-state index is 5.45. The number of rotatable bonds is 5. The molecule has 0 amide bonds. The van der Waals surface area contributed by atoms with E-state index in [-0.39, 0.29) is 0 Å². The summed E-state index contributed by atoms with van der Waals surface area (Å²) in [6.45, 7) is 5.31. The Hall–Kier alpha value is -0.900. The van der Waals surface area contributed by atoms with Crippen LogP contribution in [0, 0.1) is 0 Å². The van der Waals surface area contributed by atoms with E-state index in [2.05, 4.69) is 29.2 Å². The molecule has 2 N–H and O–H groups in total. The van der Waals surface area contributed by atoms with Crippen molar-refractivity contribution in [3.8, 4) is 0 Å². The molecule has 1 aliphatic rings. The Balaban J connectivity index is 1.85. The van der Waals surface area contributed by atoms with Gasteiger partial charge in [0.2, 0.25) is 0 Å². The van der Waals surface area contributed by atoms with E-state index in [0.29, 0.717) is 13.2 Å². The van der Waals surface area contributed by atoms with Gasteiger partial charge in [0.1, 0.15) is 0 Å². The number of nitrogens with zero attached hydrogens (tertiary/aromatic N) is 1. The summed E-state index contributed by atoms with van der Waals surface area (Å²) < 4.78 is 5.45. The lowest BCUT2D eigenvalue weighted by Crippen LogP contribution is -2.28. The van der Waals surface area contributed by atoms with E-state index < -0.39 is 0 Å². The first-order valence-corrected chi connectivity index (χ1v) is 6.47. The van der Waals surface area contributed by atoms with Crippen molar-refractivity contribution in [2.45, 2.75) is 19.4 Å². The Morgan fingerprint density at radius 3 is 2.82 bits per heavy atom. The Kier molecular flexibility index (Phi) is 4.98. The van der Waals surface area contributed by atoms with Gasteiger partial charge in [0, 0.05) is 19.6 Å². The van der Waals surface area contributed by atoms with Crippen LogP contribution in [0.25, 0.3) is 0 Å². The van der Waals surface area contributed by atoms with E-state index in [4.69, 9.17) is 10.5 Å². The van der Waals surface area contributed by atoms with Gasteiger partial charge in [-0.2, -0.15) is 0 Å². The van der Waals surface area contributed by atoms with Gasteiger partial charge < -0.3 is 10.5 Å². The molecule has 0 aromatic heterocycles. The fourth-order valence-corrected chi connectivity index (χ4v) is 2.34. The van der Waals surface area contributed by atoms with Gasteiger partial charge in [-0.3, -0.25) is 4.90 Å². The molecule has 17 heavy (non-hydrogen) atoms. The molecule has 2 rings (SSSR count). The molecule has 3 heteroatoms. The smallest absolute Gasteiger partial charge is 0.0594 e. The van der Waals surface area contributed by atoms with E-state index in [0.717, 1.165) is 19.7 Å². The molecule has 0 saturated heterocycles. The van der Waals surface area contributed by atoms with Crippen LogP contribution in [0.5, 0.6) is 0 Å². The molecule has 0 saturated carbocycles. The number of ether oxygens (including phenoxy) is 1. The number of fused-ring (bicyclic) bond motifs is 1. The van der Waals surface area contributed by atoms with Gasteiger partial charge in [-0.05, 0) is 30.5 Å². The average Bonchev–Trinajstić information content (AvgIpc) is 2.56. The first kappa shape index (κ1) is 12.6. The number of nitrogens with two attached hydrogens (primary N) is 1. The maximum atomic E-state index is 5.45. The summed E-state index contributed by atoms with van der Waals surface area (Å²) in [5.41, 5.74) is 8.39. The van der Waals surface area contributed by atoms with Gasteiger partial charge in [0.25, 0.3) is 0 Å². The third-order valence-corrected chi connectivity index (χ3v) is 3.25. The number of hydrogen-bond donors (Lipinski definition) is 1. The monoisotopic (exact) mass is 234 g/mol. The van der Waals surface area contributed by atoms with Crippen molar-refractivity contribution >= 4 is 0 Å². The van der Waals surface area contributed by atoms with Crippen LogP contribution < -0.4 is 5.73 Å². The molecular formula is C14H22N2O. The highest BCUT2D eigenvalue weighted by Crippen LogP contribution is 2.17. The molecule has 1 aliphatic heterocycles. The predicted octanol–water partition coefficient (Wildman–Crippen LogP) is 1.41. The van der Waals surface area contributed by atoms with E-state index in [1.54, 1.807) is 0 Å². The molecular weight excluding hydrogens is 212 g/mol. The largest absolute Gasteiger partial charge is 0.379 e. The zero-order valence-electron chi connectivity index (χ0n) is 10.4. The molecule has 1 aromatic rings. The first-order chi connectivity index (χ1) is 8.40. The van der Waals surface area contributed by atoms with Gasteiger partial charge in [-0.1, -0.05) is 24.3 Å². The van der Waals surface area contributed by atoms with Crippen molar-refractivity contribution in [1.82, 2.24) is 4.90 Å². The van der Waals surface area contributed by atoms with E-state index in [1.165, 1.54) is 30.5 Å². The second kappa shape index (κ2) is 6.74. The maximum Gasteiger partial charge on any atom is 0.0594 e. The van der Waals surface area contributed by atoms with Gasteiger partial charge in [-0.25, -0.2) is 0 Å². The first-order valence-electron chi connectivity index (χ1n) is 6.47. The third-order valence-electron chi connectivity index (χ3n) is 3.25. The van der Waals surface area contributed by atoms with Crippen LogP contribution in [0.15, 0.2) is 24.3 Å². The molecule has 1 aromatic carbocycles. The minimum absolute atomic E-state index is 0.614. The highest BCUT2D eigenvalue weighted by Gasteiger charge is 2.13. The molecule has 1 heterocycles. The van der Waals surface area contributed by atoms with Crippen molar-refractivity contribution in [2.75, 3.05) is 32.8 Å². The van der Waals surface area contributed by atoms with Crippen molar-refractivity contribution < 1.29 is 4.74 Å². The predicted molar refractivity (Wildman–Crippen MR) is 69.9 cm³/mol. The van der Waals surface area contributed by atoms with E-state index >= 15 is 0 Å². The normalized spacial score (nSPS) is 16.5. The van der Waals surface area contributed by atoms with Crippen LogP contribution in [0.4, 0.5) is 0 Å². The molecule has 0 atom stereocenters. The number of benzene rings is 1. The van der Waals surface area contributed by atoms with Gasteiger partial charge in [-0.15, -0.1) is 0 Å². The van der Waals surface area contributed by atoms with Crippen LogP contribution in [0.1, 0.15) is 17.5 Å². The van der Waals surface area contributed by atoms with Crippen LogP contribution in [0.2, 0.25) is 0 Å². The summed E-state index contributed by atoms with van der Waals surface area (Å²) in [5.74, 6) is 0. The minimum atomic E-state index is 0.614. The molecule has 0 radical (unpaired) electrons. The van der Waals surface area contributed by atoms with Crippen molar-refractivity contribution in [2.24, 2.45) is 5.73 Å². The molecule has 94 valence electrons. The number of hydrogen-bond acceptors (Lipinski definition) is 3. The van der Waals surface area contributed by atoms with Crippen LogP contribution in [0.3, 0.4) is 0 Å². The molecule has 0 fully saturated rings. The Morgan fingerprint density at radius 1 is 1.18 bits per heavy atom. The zero-order chi connectivity index (χ0) is 11.9. The summed E-state index contributed by atoms with van der Waals surface area (Å²) in [7, 11) is 0. The highest BCUT2D eigenvalue weighted by atomic mass is 16.5. The molecule has 0 bridgehead atoms. The summed E-state index contributed by atoms with van der Waals surface area (Å²) in [6, 6.07) is 8.77. The van der Waals surface area contributed by atoms with Gasteiger partial charge >= 0.3 is 0 Å². The second-order valence-corrected chi connectivity index (χ2v) is 4.55. The van der Waals surface area contributed by atoms with Crippen molar-refractivity contribution in [1.29, 1.82) is 0 Å². The highest BCUT2D eigenvalue weighted by molar-refractivity contribution is 5.27. The summed E-state index contributed by atoms with van der Waals surface area (Å²) in [4.78, 5) is 2.47. The Morgan fingerprint density at radius 2 is 2.00 bits per heavy atom. The molecule has 0 spiro atoms.